The number of amides is 1. The molecule has 2 aromatic rings. The number of aryl methyl sites for hydroxylation is 2. The molecule has 1 N–H and O–H groups in total. The molecule has 5 nitrogen and oxygen atoms in total. The normalized spacial score (nSPS) is 11.7. The van der Waals surface area contributed by atoms with Gasteiger partial charge in [-0.05, 0) is 57.9 Å². The van der Waals surface area contributed by atoms with Crippen molar-refractivity contribution >= 4 is 17.1 Å². The summed E-state index contributed by atoms with van der Waals surface area (Å²) in [7, 11) is 1.71. The Morgan fingerprint density at radius 1 is 1.29 bits per heavy atom. The second-order valence-electron chi connectivity index (χ2n) is 6.47. The average Bonchev–Trinajstić information content (AvgIpc) is 2.68. The van der Waals surface area contributed by atoms with E-state index in [2.05, 4.69) is 35.9 Å². The van der Waals surface area contributed by atoms with Crippen molar-refractivity contribution in [3.05, 3.63) is 29.1 Å². The van der Waals surface area contributed by atoms with E-state index in [1.807, 2.05) is 20.8 Å². The number of hydrogen-bond donors (Lipinski definition) is 1. The topological polar surface area (TPSA) is 58.2 Å². The summed E-state index contributed by atoms with van der Waals surface area (Å²) in [5.41, 5.74) is 3.85. The van der Waals surface area contributed by atoms with Crippen LogP contribution in [0, 0.1) is 13.8 Å². The molecule has 1 amide bonds. The first-order valence-electron chi connectivity index (χ1n) is 7.05. The third kappa shape index (κ3) is 3.74. The van der Waals surface area contributed by atoms with E-state index in [4.69, 9.17) is 4.74 Å². The maximum Gasteiger partial charge on any atom is 0.410 e. The van der Waals surface area contributed by atoms with Crippen molar-refractivity contribution in [2.75, 3.05) is 7.05 Å². The van der Waals surface area contributed by atoms with Crippen molar-refractivity contribution in [2.24, 2.45) is 0 Å². The van der Waals surface area contributed by atoms with E-state index >= 15 is 0 Å². The Labute approximate surface area is 125 Å². The van der Waals surface area contributed by atoms with Gasteiger partial charge in [0.15, 0.2) is 0 Å². The van der Waals surface area contributed by atoms with Crippen LogP contribution >= 0.6 is 0 Å². The van der Waals surface area contributed by atoms with Crippen LogP contribution < -0.4 is 0 Å². The maximum absolute atomic E-state index is 11.9. The number of hydrogen-bond acceptors (Lipinski definition) is 3. The number of H-pyrrole nitrogens is 1. The highest BCUT2D eigenvalue weighted by Gasteiger charge is 2.20. The lowest BCUT2D eigenvalue weighted by Gasteiger charge is -2.24. The van der Waals surface area contributed by atoms with Gasteiger partial charge in [0.2, 0.25) is 0 Å². The van der Waals surface area contributed by atoms with Crippen LogP contribution in [-0.2, 0) is 11.3 Å². The molecule has 5 heteroatoms. The lowest BCUT2D eigenvalue weighted by molar-refractivity contribution is 0.0281. The molecule has 114 valence electrons. The molecule has 0 spiro atoms. The van der Waals surface area contributed by atoms with Gasteiger partial charge in [0.05, 0.1) is 17.6 Å². The Hall–Kier alpha value is -2.04. The van der Waals surface area contributed by atoms with Crippen molar-refractivity contribution in [1.82, 2.24) is 14.9 Å². The molecule has 2 rings (SSSR count). The van der Waals surface area contributed by atoms with Crippen LogP contribution in [0.3, 0.4) is 0 Å². The number of benzene rings is 1. The van der Waals surface area contributed by atoms with Gasteiger partial charge < -0.3 is 14.6 Å². The first-order valence-corrected chi connectivity index (χ1v) is 7.05. The van der Waals surface area contributed by atoms with E-state index < -0.39 is 5.60 Å². The number of carbonyl (C=O) groups excluding carboxylic acids is 1. The summed E-state index contributed by atoms with van der Waals surface area (Å²) >= 11 is 0. The van der Waals surface area contributed by atoms with Gasteiger partial charge in [0.25, 0.3) is 0 Å². The van der Waals surface area contributed by atoms with Crippen molar-refractivity contribution < 1.29 is 9.53 Å². The molecule has 0 radical (unpaired) electrons. The molecule has 0 unspecified atom stereocenters. The molecule has 0 aliphatic carbocycles. The molecule has 0 aliphatic rings. The van der Waals surface area contributed by atoms with Crippen molar-refractivity contribution in [3.8, 4) is 0 Å². The van der Waals surface area contributed by atoms with Crippen molar-refractivity contribution in [3.63, 3.8) is 0 Å². The third-order valence-corrected chi connectivity index (χ3v) is 3.24. The molecule has 0 fully saturated rings. The molecule has 0 saturated carbocycles. The van der Waals surface area contributed by atoms with Gasteiger partial charge in [0.1, 0.15) is 11.4 Å². The van der Waals surface area contributed by atoms with E-state index in [-0.39, 0.29) is 6.09 Å². The maximum atomic E-state index is 11.9. The molecule has 0 atom stereocenters. The van der Waals surface area contributed by atoms with Gasteiger partial charge in [0, 0.05) is 7.05 Å². The predicted octanol–water partition coefficient (Wildman–Crippen LogP) is 3.55. The fourth-order valence-electron chi connectivity index (χ4n) is 2.03. The summed E-state index contributed by atoms with van der Waals surface area (Å²) in [6.45, 7) is 10.1. The lowest BCUT2D eigenvalue weighted by atomic mass is 10.1. The Balaban J connectivity index is 2.14. The average molecular weight is 289 g/mol. The zero-order chi connectivity index (χ0) is 15.8. The molecule has 1 aromatic heterocycles. The first-order chi connectivity index (χ1) is 9.65. The van der Waals surface area contributed by atoms with Crippen LogP contribution in [0.25, 0.3) is 11.0 Å². The van der Waals surface area contributed by atoms with E-state index in [1.54, 1.807) is 7.05 Å². The van der Waals surface area contributed by atoms with Gasteiger partial charge >= 0.3 is 6.09 Å². The molecule has 21 heavy (non-hydrogen) atoms. The Morgan fingerprint density at radius 2 is 1.90 bits per heavy atom. The highest BCUT2D eigenvalue weighted by Crippen LogP contribution is 2.18. The number of nitrogens with zero attached hydrogens (tertiary/aromatic N) is 2. The molecular formula is C16H23N3O2. The Morgan fingerprint density at radius 3 is 2.52 bits per heavy atom. The van der Waals surface area contributed by atoms with Gasteiger partial charge in [-0.1, -0.05) is 0 Å². The summed E-state index contributed by atoms with van der Waals surface area (Å²) in [6.07, 6.45) is -0.352. The summed E-state index contributed by atoms with van der Waals surface area (Å²) in [5.74, 6) is 0.753. The fraction of sp³-hybridized carbons (Fsp3) is 0.500. The molecule has 0 aliphatic heterocycles. The zero-order valence-corrected chi connectivity index (χ0v) is 13.6. The smallest absolute Gasteiger partial charge is 0.410 e. The van der Waals surface area contributed by atoms with E-state index in [1.165, 1.54) is 16.0 Å². The van der Waals surface area contributed by atoms with E-state index in [0.717, 1.165) is 16.9 Å². The van der Waals surface area contributed by atoms with Crippen LogP contribution in [0.4, 0.5) is 4.79 Å². The Bertz CT molecular complexity index is 629. The van der Waals surface area contributed by atoms with Gasteiger partial charge in [-0.2, -0.15) is 0 Å². The summed E-state index contributed by atoms with van der Waals surface area (Å²) < 4.78 is 5.33. The standard InChI is InChI=1S/C16H23N3O2/c1-10-7-12-13(8-11(10)2)18-14(17-12)9-19(6)15(20)21-16(3,4)5/h7-8H,9H2,1-6H3,(H,17,18). The van der Waals surface area contributed by atoms with Gasteiger partial charge in [-0.15, -0.1) is 0 Å². The second-order valence-corrected chi connectivity index (χ2v) is 6.47. The number of imidazole rings is 1. The number of ether oxygens (including phenoxy) is 1. The summed E-state index contributed by atoms with van der Waals surface area (Å²) in [5, 5.41) is 0. The second kappa shape index (κ2) is 5.39. The van der Waals surface area contributed by atoms with Crippen LogP contribution in [-0.4, -0.2) is 33.6 Å². The van der Waals surface area contributed by atoms with Crippen LogP contribution in [0.2, 0.25) is 0 Å². The highest BCUT2D eigenvalue weighted by molar-refractivity contribution is 5.77. The quantitative estimate of drug-likeness (QED) is 0.919. The minimum absolute atomic E-state index is 0.352. The monoisotopic (exact) mass is 289 g/mol. The van der Waals surface area contributed by atoms with Crippen molar-refractivity contribution in [2.45, 2.75) is 46.8 Å². The summed E-state index contributed by atoms with van der Waals surface area (Å²) in [6, 6.07) is 4.13. The molecular weight excluding hydrogens is 266 g/mol. The number of fused-ring (bicyclic) bond motifs is 1. The fourth-order valence-corrected chi connectivity index (χ4v) is 2.03. The minimum Gasteiger partial charge on any atom is -0.444 e. The third-order valence-electron chi connectivity index (χ3n) is 3.24. The van der Waals surface area contributed by atoms with E-state index in [9.17, 15) is 4.79 Å². The SMILES string of the molecule is Cc1cc2nc(CN(C)C(=O)OC(C)(C)C)[nH]c2cc1C. The molecule has 0 saturated heterocycles. The molecule has 0 bridgehead atoms. The van der Waals surface area contributed by atoms with Crippen LogP contribution in [0.15, 0.2) is 12.1 Å². The number of aromatic amines is 1. The van der Waals surface area contributed by atoms with Crippen LogP contribution in [0.5, 0.6) is 0 Å². The Kier molecular flexibility index (Phi) is 3.94. The minimum atomic E-state index is -0.493. The lowest BCUT2D eigenvalue weighted by Crippen LogP contribution is -2.34. The number of nitrogens with one attached hydrogen (secondary N) is 1. The summed E-state index contributed by atoms with van der Waals surface area (Å²) in [4.78, 5) is 21.2. The molecule has 1 aromatic carbocycles. The largest absolute Gasteiger partial charge is 0.444 e. The zero-order valence-electron chi connectivity index (χ0n) is 13.6. The van der Waals surface area contributed by atoms with Gasteiger partial charge in [-0.3, -0.25) is 0 Å². The van der Waals surface area contributed by atoms with Crippen LogP contribution in [0.1, 0.15) is 37.7 Å². The first kappa shape index (κ1) is 15.4. The highest BCUT2D eigenvalue weighted by atomic mass is 16.6. The van der Waals surface area contributed by atoms with Crippen molar-refractivity contribution in [1.29, 1.82) is 0 Å². The predicted molar refractivity (Wildman–Crippen MR) is 83.3 cm³/mol. The number of carbonyl (C=O) groups is 1. The number of rotatable bonds is 2. The van der Waals surface area contributed by atoms with E-state index in [0.29, 0.717) is 6.54 Å². The van der Waals surface area contributed by atoms with Gasteiger partial charge in [-0.25, -0.2) is 9.78 Å². The number of aromatic nitrogens is 2. The molecule has 1 heterocycles.